The van der Waals surface area contributed by atoms with Gasteiger partial charge in [-0.05, 0) is 110 Å². The molecule has 0 unspecified atom stereocenters. The van der Waals surface area contributed by atoms with Gasteiger partial charge in [0, 0.05) is 5.56 Å². The van der Waals surface area contributed by atoms with Crippen LogP contribution in [0.15, 0.2) is 22.4 Å². The number of rotatable bonds is 1. The summed E-state index contributed by atoms with van der Waals surface area (Å²) >= 11 is 0. The first kappa shape index (κ1) is 24.7. The zero-order chi connectivity index (χ0) is 25.9. The van der Waals surface area contributed by atoms with Crippen LogP contribution in [0.4, 0.5) is 0 Å². The number of esters is 1. The second-order valence-corrected chi connectivity index (χ2v) is 14.9. The number of aromatic nitrogens is 1. The first-order chi connectivity index (χ1) is 16.9. The molecule has 5 aliphatic rings. The van der Waals surface area contributed by atoms with Crippen LogP contribution in [0.3, 0.4) is 0 Å². The summed E-state index contributed by atoms with van der Waals surface area (Å²) in [6.07, 6.45) is 14.3. The van der Waals surface area contributed by atoms with Crippen LogP contribution in [-0.4, -0.2) is 18.2 Å². The van der Waals surface area contributed by atoms with Crippen molar-refractivity contribution in [2.45, 2.75) is 105 Å². The number of hydrogen-bond acceptors (Lipinski definition) is 4. The predicted molar refractivity (Wildman–Crippen MR) is 141 cm³/mol. The molecule has 0 aliphatic heterocycles. The van der Waals surface area contributed by atoms with Gasteiger partial charge in [0.05, 0.1) is 13.3 Å². The molecule has 5 aliphatic carbocycles. The van der Waals surface area contributed by atoms with Crippen LogP contribution in [0.5, 0.6) is 0 Å². The number of hydrogen-bond donors (Lipinski definition) is 0. The van der Waals surface area contributed by atoms with Crippen LogP contribution in [0, 0.1) is 51.2 Å². The average molecular weight is 494 g/mol. The van der Waals surface area contributed by atoms with Crippen LogP contribution in [-0.2, 0) is 21.4 Å². The second-order valence-electron chi connectivity index (χ2n) is 14.9. The molecule has 3 saturated carbocycles. The van der Waals surface area contributed by atoms with Crippen LogP contribution in [0.2, 0.25) is 0 Å². The predicted octanol–water partition coefficient (Wildman–Crippen LogP) is 7.52. The lowest BCUT2D eigenvalue weighted by Crippen LogP contribution is -2.65. The van der Waals surface area contributed by atoms with Crippen molar-refractivity contribution < 1.29 is 14.1 Å². The molecule has 4 heteroatoms. The molecule has 1 heterocycles. The molecule has 0 bridgehead atoms. The minimum atomic E-state index is -0.780. The molecule has 0 spiro atoms. The van der Waals surface area contributed by atoms with Gasteiger partial charge in [0.2, 0.25) is 0 Å². The molecule has 198 valence electrons. The first-order valence-corrected chi connectivity index (χ1v) is 14.6. The Balaban J connectivity index is 1.48. The van der Waals surface area contributed by atoms with Crippen molar-refractivity contribution in [3.63, 3.8) is 0 Å². The van der Waals surface area contributed by atoms with Crippen LogP contribution >= 0.6 is 0 Å². The molecule has 0 N–H and O–H groups in total. The fourth-order valence-corrected chi connectivity index (χ4v) is 11.2. The van der Waals surface area contributed by atoms with Gasteiger partial charge < -0.3 is 9.26 Å². The Morgan fingerprint density at radius 1 is 1.03 bits per heavy atom. The highest BCUT2D eigenvalue weighted by Gasteiger charge is 2.70. The Bertz CT molecular complexity index is 1120. The SMILES string of the molecule is COC(=O)[C@@]1(C)c2oncc2C[C@@]2(C)[C@H]1CC[C@]1(C)[C@@H]2CC=C2[C@@H]3[C@@H](C)[C@H](C)CC[C@]3(C)CC[C@]21C. The molecule has 0 radical (unpaired) electrons. The highest BCUT2D eigenvalue weighted by atomic mass is 16.5. The third-order valence-electron chi connectivity index (χ3n) is 13.7. The number of carbonyl (C=O) groups excluding carboxylic acids is 1. The second kappa shape index (κ2) is 7.50. The van der Waals surface area contributed by atoms with Crippen LogP contribution in [0.25, 0.3) is 0 Å². The van der Waals surface area contributed by atoms with E-state index in [0.717, 1.165) is 48.8 Å². The zero-order valence-corrected chi connectivity index (χ0v) is 23.9. The minimum Gasteiger partial charge on any atom is -0.468 e. The molecule has 36 heavy (non-hydrogen) atoms. The van der Waals surface area contributed by atoms with E-state index in [1.807, 2.05) is 6.20 Å². The number of ether oxygens (including phenoxy) is 1. The standard InChI is InChI=1S/C32H47NO3/c1-19-11-13-28(3)15-16-30(5)22(25(28)20(19)2)9-10-23-29(4)17-21-18-33-36-26(21)32(7,27(34)35-8)24(29)12-14-31(23,30)6/h9,18-20,23-25H,10-17H2,1-8H3/t19-,20+,23-,24-,25+,28-,29-,30-,31-,32-/m1/s1. The number of methoxy groups -OCH3 is 1. The molecule has 6 rings (SSSR count). The Morgan fingerprint density at radius 2 is 1.78 bits per heavy atom. The Labute approximate surface area is 218 Å². The monoisotopic (exact) mass is 493 g/mol. The van der Waals surface area contributed by atoms with E-state index < -0.39 is 5.41 Å². The lowest BCUT2D eigenvalue weighted by molar-refractivity contribution is -0.180. The summed E-state index contributed by atoms with van der Waals surface area (Å²) in [5, 5.41) is 4.18. The molecule has 0 amide bonds. The van der Waals surface area contributed by atoms with E-state index in [2.05, 4.69) is 59.7 Å². The Hall–Kier alpha value is -1.58. The van der Waals surface area contributed by atoms with Gasteiger partial charge in [-0.3, -0.25) is 4.79 Å². The lowest BCUT2D eigenvalue weighted by Gasteiger charge is -2.70. The normalized spacial score (nSPS) is 51.6. The van der Waals surface area contributed by atoms with Crippen molar-refractivity contribution in [1.29, 1.82) is 0 Å². The molecular formula is C32H47NO3. The number of carbonyl (C=O) groups is 1. The van der Waals surface area contributed by atoms with E-state index in [4.69, 9.17) is 9.26 Å². The van der Waals surface area contributed by atoms with Gasteiger partial charge in [-0.2, -0.15) is 0 Å². The first-order valence-electron chi connectivity index (χ1n) is 14.6. The van der Waals surface area contributed by atoms with E-state index >= 15 is 0 Å². The summed E-state index contributed by atoms with van der Waals surface area (Å²) in [6.45, 7) is 17.4. The van der Waals surface area contributed by atoms with Gasteiger partial charge in [-0.1, -0.05) is 58.3 Å². The maximum Gasteiger partial charge on any atom is 0.319 e. The number of fused-ring (bicyclic) bond motifs is 8. The third-order valence-corrected chi connectivity index (χ3v) is 13.7. The quantitative estimate of drug-likeness (QED) is 0.300. The fraction of sp³-hybridized carbons (Fsp3) is 0.812. The van der Waals surface area contributed by atoms with E-state index in [1.54, 1.807) is 5.57 Å². The molecule has 0 saturated heterocycles. The van der Waals surface area contributed by atoms with Gasteiger partial charge in [-0.25, -0.2) is 0 Å². The maximum atomic E-state index is 13.4. The van der Waals surface area contributed by atoms with E-state index in [0.29, 0.717) is 17.3 Å². The topological polar surface area (TPSA) is 52.3 Å². The maximum absolute atomic E-state index is 13.4. The molecule has 10 atom stereocenters. The van der Waals surface area contributed by atoms with Crippen molar-refractivity contribution >= 4 is 5.97 Å². The molecule has 1 aromatic rings. The largest absolute Gasteiger partial charge is 0.468 e. The average Bonchev–Trinajstić information content (AvgIpc) is 3.30. The van der Waals surface area contributed by atoms with Crippen molar-refractivity contribution in [2.75, 3.05) is 7.11 Å². The summed E-state index contributed by atoms with van der Waals surface area (Å²) in [5.41, 5.74) is 3.01. The summed E-state index contributed by atoms with van der Waals surface area (Å²) < 4.78 is 11.2. The van der Waals surface area contributed by atoms with E-state index in [1.165, 1.54) is 32.8 Å². The van der Waals surface area contributed by atoms with Gasteiger partial charge in [0.15, 0.2) is 5.76 Å². The number of nitrogens with zero attached hydrogens (tertiary/aromatic N) is 1. The zero-order valence-electron chi connectivity index (χ0n) is 23.9. The van der Waals surface area contributed by atoms with Crippen LogP contribution < -0.4 is 0 Å². The van der Waals surface area contributed by atoms with Crippen LogP contribution in [0.1, 0.15) is 105 Å². The Kier molecular flexibility index (Phi) is 5.16. The highest BCUT2D eigenvalue weighted by molar-refractivity contribution is 5.83. The van der Waals surface area contributed by atoms with E-state index in [9.17, 15) is 4.79 Å². The smallest absolute Gasteiger partial charge is 0.319 e. The summed E-state index contributed by atoms with van der Waals surface area (Å²) in [7, 11) is 1.52. The minimum absolute atomic E-state index is 0.00818. The lowest BCUT2D eigenvalue weighted by atomic mass is 9.33. The van der Waals surface area contributed by atoms with Gasteiger partial charge in [-0.15, -0.1) is 0 Å². The Morgan fingerprint density at radius 3 is 2.50 bits per heavy atom. The molecule has 4 nitrogen and oxygen atoms in total. The fourth-order valence-electron chi connectivity index (χ4n) is 11.2. The van der Waals surface area contributed by atoms with Gasteiger partial charge in [0.25, 0.3) is 0 Å². The number of allylic oxidation sites excluding steroid dienone is 2. The molecule has 1 aromatic heterocycles. The molecular weight excluding hydrogens is 446 g/mol. The molecule has 3 fully saturated rings. The van der Waals surface area contributed by atoms with Crippen molar-refractivity contribution in [3.8, 4) is 0 Å². The van der Waals surface area contributed by atoms with Crippen molar-refractivity contribution in [2.24, 2.45) is 51.2 Å². The molecule has 0 aromatic carbocycles. The van der Waals surface area contributed by atoms with Gasteiger partial charge >= 0.3 is 5.97 Å². The summed E-state index contributed by atoms with van der Waals surface area (Å²) in [6, 6.07) is 0. The summed E-state index contributed by atoms with van der Waals surface area (Å²) in [5.74, 6) is 3.55. The summed E-state index contributed by atoms with van der Waals surface area (Å²) in [4.78, 5) is 13.4. The van der Waals surface area contributed by atoms with Crippen molar-refractivity contribution in [3.05, 3.63) is 29.2 Å². The van der Waals surface area contributed by atoms with Gasteiger partial charge in [0.1, 0.15) is 5.41 Å². The third kappa shape index (κ3) is 2.72. The highest BCUT2D eigenvalue weighted by Crippen LogP contribution is 2.75. The van der Waals surface area contributed by atoms with Crippen molar-refractivity contribution in [1.82, 2.24) is 5.16 Å². The van der Waals surface area contributed by atoms with E-state index in [-0.39, 0.29) is 28.1 Å².